The molecule has 0 saturated heterocycles. The van der Waals surface area contributed by atoms with Gasteiger partial charge in [-0.3, -0.25) is 4.57 Å². The van der Waals surface area contributed by atoms with Crippen molar-refractivity contribution in [2.45, 2.75) is 18.8 Å². The van der Waals surface area contributed by atoms with Crippen LogP contribution in [0.5, 0.6) is 0 Å². The van der Waals surface area contributed by atoms with E-state index in [0.29, 0.717) is 0 Å². The lowest BCUT2D eigenvalue weighted by Gasteiger charge is -2.27. The molecule has 0 saturated carbocycles. The van der Waals surface area contributed by atoms with Crippen molar-refractivity contribution in [3.8, 4) is 0 Å². The zero-order valence-electron chi connectivity index (χ0n) is 15.0. The Balaban J connectivity index is 2.17. The number of rotatable bonds is 10. The standard InChI is InChI=1S/C19H23O7P/c1-24-18(21)19(22,14-20)15-27(23,25-12-16-8-4-2-5-9-16)26-13-17-10-6-3-7-11-17/h2-11,20,22H,12-15H2,1H3. The average molecular weight is 394 g/mol. The van der Waals surface area contributed by atoms with E-state index in [0.717, 1.165) is 18.2 Å². The van der Waals surface area contributed by atoms with Crippen LogP contribution in [-0.2, 0) is 36.4 Å². The number of carbonyl (C=O) groups is 1. The summed E-state index contributed by atoms with van der Waals surface area (Å²) in [4.78, 5) is 11.8. The molecule has 0 aromatic heterocycles. The molecule has 7 nitrogen and oxygen atoms in total. The summed E-state index contributed by atoms with van der Waals surface area (Å²) >= 11 is 0. The molecule has 0 bridgehead atoms. The Labute approximate surface area is 158 Å². The van der Waals surface area contributed by atoms with Crippen LogP contribution < -0.4 is 0 Å². The first-order valence-electron chi connectivity index (χ1n) is 8.28. The van der Waals surface area contributed by atoms with Crippen molar-refractivity contribution in [3.63, 3.8) is 0 Å². The molecule has 0 aliphatic rings. The van der Waals surface area contributed by atoms with Crippen molar-refractivity contribution in [2.75, 3.05) is 19.9 Å². The molecule has 0 amide bonds. The molecule has 2 rings (SSSR count). The first kappa shape index (κ1) is 21.3. The van der Waals surface area contributed by atoms with Crippen molar-refractivity contribution < 1.29 is 33.4 Å². The Morgan fingerprint density at radius 3 is 1.78 bits per heavy atom. The summed E-state index contributed by atoms with van der Waals surface area (Å²) in [5, 5.41) is 19.8. The molecule has 0 radical (unpaired) electrons. The third kappa shape index (κ3) is 6.27. The molecule has 0 aliphatic carbocycles. The molecule has 146 valence electrons. The SMILES string of the molecule is COC(=O)C(O)(CO)CP(=O)(OCc1ccccc1)OCc1ccccc1. The zero-order chi connectivity index (χ0) is 19.8. The molecule has 0 aliphatic heterocycles. The summed E-state index contributed by atoms with van der Waals surface area (Å²) in [6, 6.07) is 18.0. The molecular formula is C19H23O7P. The Bertz CT molecular complexity index is 719. The van der Waals surface area contributed by atoms with Crippen LogP contribution in [0, 0.1) is 0 Å². The van der Waals surface area contributed by atoms with Crippen molar-refractivity contribution in [1.29, 1.82) is 0 Å². The fourth-order valence-electron chi connectivity index (χ4n) is 2.31. The highest BCUT2D eigenvalue weighted by atomic mass is 31.2. The molecule has 27 heavy (non-hydrogen) atoms. The number of carbonyl (C=O) groups excluding carboxylic acids is 1. The van der Waals surface area contributed by atoms with Gasteiger partial charge in [-0.2, -0.15) is 0 Å². The summed E-state index contributed by atoms with van der Waals surface area (Å²) in [6.07, 6.45) is -0.733. The zero-order valence-corrected chi connectivity index (χ0v) is 15.9. The van der Waals surface area contributed by atoms with Gasteiger partial charge in [0.25, 0.3) is 0 Å². The van der Waals surface area contributed by atoms with E-state index in [-0.39, 0.29) is 13.2 Å². The van der Waals surface area contributed by atoms with Gasteiger partial charge in [-0.15, -0.1) is 0 Å². The second kappa shape index (κ2) is 9.78. The molecule has 8 heteroatoms. The van der Waals surface area contributed by atoms with Crippen LogP contribution in [0.1, 0.15) is 11.1 Å². The Hall–Kier alpha value is -2.02. The van der Waals surface area contributed by atoms with Crippen LogP contribution in [0.25, 0.3) is 0 Å². The molecule has 0 heterocycles. The second-order valence-corrected chi connectivity index (χ2v) is 8.02. The minimum atomic E-state index is -3.97. The number of esters is 1. The number of hydrogen-bond donors (Lipinski definition) is 2. The third-order valence-corrected chi connectivity index (χ3v) is 5.78. The first-order valence-corrected chi connectivity index (χ1v) is 10.0. The minimum Gasteiger partial charge on any atom is -0.467 e. The quantitative estimate of drug-likeness (QED) is 0.471. The molecule has 0 fully saturated rings. The molecule has 2 aromatic carbocycles. The molecular weight excluding hydrogens is 371 g/mol. The topological polar surface area (TPSA) is 102 Å². The first-order chi connectivity index (χ1) is 12.9. The van der Waals surface area contributed by atoms with Crippen molar-refractivity contribution in [2.24, 2.45) is 0 Å². The maximum atomic E-state index is 13.2. The van der Waals surface area contributed by atoms with E-state index in [1.54, 1.807) is 48.5 Å². The third-order valence-electron chi connectivity index (χ3n) is 3.82. The van der Waals surface area contributed by atoms with E-state index in [4.69, 9.17) is 9.05 Å². The van der Waals surface area contributed by atoms with Gasteiger partial charge in [-0.05, 0) is 11.1 Å². The Morgan fingerprint density at radius 1 is 0.963 bits per heavy atom. The van der Waals surface area contributed by atoms with Crippen LogP contribution in [0.2, 0.25) is 0 Å². The highest BCUT2D eigenvalue weighted by Crippen LogP contribution is 2.52. The summed E-state index contributed by atoms with van der Waals surface area (Å²) in [7, 11) is -2.91. The summed E-state index contributed by atoms with van der Waals surface area (Å²) < 4.78 is 28.7. The fourth-order valence-corrected chi connectivity index (χ4v) is 4.13. The lowest BCUT2D eigenvalue weighted by molar-refractivity contribution is -0.164. The predicted molar refractivity (Wildman–Crippen MR) is 99.0 cm³/mol. The lowest BCUT2D eigenvalue weighted by Crippen LogP contribution is -2.47. The fraction of sp³-hybridized carbons (Fsp3) is 0.316. The van der Waals surface area contributed by atoms with E-state index >= 15 is 0 Å². The molecule has 1 unspecified atom stereocenters. The van der Waals surface area contributed by atoms with Crippen LogP contribution in [0.3, 0.4) is 0 Å². The van der Waals surface area contributed by atoms with Crippen LogP contribution in [0.4, 0.5) is 0 Å². The number of aliphatic hydroxyl groups is 2. The van der Waals surface area contributed by atoms with E-state index in [1.165, 1.54) is 0 Å². The number of ether oxygens (including phenoxy) is 1. The van der Waals surface area contributed by atoms with Gasteiger partial charge in [0.2, 0.25) is 0 Å². The monoisotopic (exact) mass is 394 g/mol. The van der Waals surface area contributed by atoms with Gasteiger partial charge in [-0.1, -0.05) is 60.7 Å². The van der Waals surface area contributed by atoms with Gasteiger partial charge < -0.3 is 24.0 Å². The van der Waals surface area contributed by atoms with Gasteiger partial charge in [0, 0.05) is 0 Å². The summed E-state index contributed by atoms with van der Waals surface area (Å²) in [5.41, 5.74) is -0.907. The maximum Gasteiger partial charge on any atom is 0.340 e. The van der Waals surface area contributed by atoms with Crippen molar-refractivity contribution in [1.82, 2.24) is 0 Å². The van der Waals surface area contributed by atoms with Gasteiger partial charge in [0.15, 0.2) is 5.60 Å². The second-order valence-electron chi connectivity index (χ2n) is 5.97. The maximum absolute atomic E-state index is 13.2. The average Bonchev–Trinajstić information content (AvgIpc) is 2.72. The van der Waals surface area contributed by atoms with E-state index in [2.05, 4.69) is 4.74 Å². The number of aliphatic hydroxyl groups excluding tert-OH is 1. The predicted octanol–water partition coefficient (Wildman–Crippen LogP) is 2.51. The van der Waals surface area contributed by atoms with Gasteiger partial charge in [0.05, 0.1) is 33.1 Å². The smallest absolute Gasteiger partial charge is 0.340 e. The minimum absolute atomic E-state index is 0.0460. The van der Waals surface area contributed by atoms with Gasteiger partial charge >= 0.3 is 13.6 Å². The summed E-state index contributed by atoms with van der Waals surface area (Å²) in [6.45, 7) is -1.07. The number of hydrogen-bond acceptors (Lipinski definition) is 7. The lowest BCUT2D eigenvalue weighted by atomic mass is 10.1. The highest BCUT2D eigenvalue weighted by molar-refractivity contribution is 7.54. The van der Waals surface area contributed by atoms with Gasteiger partial charge in [0.1, 0.15) is 0 Å². The van der Waals surface area contributed by atoms with E-state index in [1.807, 2.05) is 12.1 Å². The van der Waals surface area contributed by atoms with Gasteiger partial charge in [-0.25, -0.2) is 4.79 Å². The van der Waals surface area contributed by atoms with E-state index < -0.39 is 31.9 Å². The van der Waals surface area contributed by atoms with Crippen LogP contribution >= 0.6 is 7.60 Å². The molecule has 2 N–H and O–H groups in total. The van der Waals surface area contributed by atoms with Crippen molar-refractivity contribution >= 4 is 13.6 Å². The number of methoxy groups -OCH3 is 1. The van der Waals surface area contributed by atoms with E-state index in [9.17, 15) is 19.6 Å². The highest BCUT2D eigenvalue weighted by Gasteiger charge is 2.45. The van der Waals surface area contributed by atoms with Crippen LogP contribution in [-0.4, -0.2) is 41.7 Å². The molecule has 0 spiro atoms. The molecule has 2 aromatic rings. The normalized spacial score (nSPS) is 13.7. The van der Waals surface area contributed by atoms with Crippen molar-refractivity contribution in [3.05, 3.63) is 71.8 Å². The molecule has 1 atom stereocenters. The Kier molecular flexibility index (Phi) is 7.71. The Morgan fingerprint density at radius 2 is 1.41 bits per heavy atom. The number of benzene rings is 2. The van der Waals surface area contributed by atoms with Crippen LogP contribution in [0.15, 0.2) is 60.7 Å². The summed E-state index contributed by atoms with van der Waals surface area (Å²) in [5.74, 6) is -1.11. The largest absolute Gasteiger partial charge is 0.467 e.